The second kappa shape index (κ2) is 7.36. The molecule has 1 fully saturated rings. The van der Waals surface area contributed by atoms with Crippen LogP contribution in [0.2, 0.25) is 0 Å². The number of nitrogens with zero attached hydrogens (tertiary/aromatic N) is 1. The molecule has 1 aromatic heterocycles. The van der Waals surface area contributed by atoms with E-state index in [1.54, 1.807) is 0 Å². The summed E-state index contributed by atoms with van der Waals surface area (Å²) < 4.78 is 13.3. The minimum atomic E-state index is -0.553. The highest BCUT2D eigenvalue weighted by Crippen LogP contribution is 2.20. The zero-order chi connectivity index (χ0) is 15.2. The van der Waals surface area contributed by atoms with Gasteiger partial charge >= 0.3 is 0 Å². The van der Waals surface area contributed by atoms with E-state index in [4.69, 9.17) is 0 Å². The van der Waals surface area contributed by atoms with E-state index < -0.39 is 17.8 Å². The summed E-state index contributed by atoms with van der Waals surface area (Å²) in [5.41, 5.74) is 0.174. The van der Waals surface area contributed by atoms with E-state index in [-0.39, 0.29) is 11.6 Å². The zero-order valence-corrected chi connectivity index (χ0v) is 12.2. The Hall–Kier alpha value is -1.69. The van der Waals surface area contributed by atoms with Crippen LogP contribution in [0.15, 0.2) is 12.3 Å². The third kappa shape index (κ3) is 4.14. The van der Waals surface area contributed by atoms with E-state index in [0.29, 0.717) is 18.8 Å². The second-order valence-electron chi connectivity index (χ2n) is 5.37. The summed E-state index contributed by atoms with van der Waals surface area (Å²) in [6.07, 6.45) is 4.98. The fourth-order valence-electron chi connectivity index (χ4n) is 2.62. The van der Waals surface area contributed by atoms with Crippen molar-refractivity contribution in [3.05, 3.63) is 23.6 Å². The summed E-state index contributed by atoms with van der Waals surface area (Å²) in [5.74, 6) is -0.591. The normalized spacial score (nSPS) is 22.4. The molecule has 1 amide bonds. The average Bonchev–Trinajstić information content (AvgIpc) is 2.66. The lowest BCUT2D eigenvalue weighted by atomic mass is 10.1. The van der Waals surface area contributed by atoms with Gasteiger partial charge in [0.15, 0.2) is 0 Å². The average molecular weight is 295 g/mol. The summed E-state index contributed by atoms with van der Waals surface area (Å²) >= 11 is 0. The highest BCUT2D eigenvalue weighted by molar-refractivity contribution is 5.98. The monoisotopic (exact) mass is 295 g/mol. The van der Waals surface area contributed by atoms with Crippen molar-refractivity contribution in [1.29, 1.82) is 0 Å². The van der Waals surface area contributed by atoms with E-state index in [0.717, 1.165) is 31.9 Å². The van der Waals surface area contributed by atoms with Gasteiger partial charge in [-0.25, -0.2) is 9.37 Å². The number of halogens is 1. The first-order valence-electron chi connectivity index (χ1n) is 7.50. The summed E-state index contributed by atoms with van der Waals surface area (Å²) in [5, 5.41) is 15.8. The molecule has 6 heteroatoms. The molecule has 2 atom stereocenters. The number of aromatic nitrogens is 1. The molecule has 3 N–H and O–H groups in total. The lowest BCUT2D eigenvalue weighted by Crippen LogP contribution is -2.43. The number of amides is 1. The third-order valence-electron chi connectivity index (χ3n) is 3.74. The molecule has 21 heavy (non-hydrogen) atoms. The van der Waals surface area contributed by atoms with Crippen LogP contribution in [-0.4, -0.2) is 34.7 Å². The van der Waals surface area contributed by atoms with E-state index in [9.17, 15) is 14.3 Å². The number of pyridine rings is 1. The Morgan fingerprint density at radius 2 is 2.19 bits per heavy atom. The molecule has 0 spiro atoms. The first-order chi connectivity index (χ1) is 10.1. The number of carbonyl (C=O) groups is 1. The van der Waals surface area contributed by atoms with E-state index in [2.05, 4.69) is 15.6 Å². The van der Waals surface area contributed by atoms with Crippen molar-refractivity contribution in [2.75, 3.05) is 11.9 Å². The summed E-state index contributed by atoms with van der Waals surface area (Å²) in [7, 11) is 0. The van der Waals surface area contributed by atoms with Crippen LogP contribution in [0.25, 0.3) is 0 Å². The Morgan fingerprint density at radius 3 is 2.95 bits per heavy atom. The van der Waals surface area contributed by atoms with Crippen molar-refractivity contribution in [3.8, 4) is 0 Å². The molecule has 116 valence electrons. The van der Waals surface area contributed by atoms with Gasteiger partial charge in [0.25, 0.3) is 5.91 Å². The molecule has 2 unspecified atom stereocenters. The summed E-state index contributed by atoms with van der Waals surface area (Å²) in [6.45, 7) is 2.47. The van der Waals surface area contributed by atoms with Crippen LogP contribution in [-0.2, 0) is 0 Å². The van der Waals surface area contributed by atoms with E-state index >= 15 is 0 Å². The molecule has 0 aliphatic heterocycles. The summed E-state index contributed by atoms with van der Waals surface area (Å²) in [4.78, 5) is 16.3. The maximum Gasteiger partial charge on any atom is 0.255 e. The molecule has 1 heterocycles. The quantitative estimate of drug-likeness (QED) is 0.744. The van der Waals surface area contributed by atoms with Gasteiger partial charge in [-0.05, 0) is 25.8 Å². The van der Waals surface area contributed by atoms with Gasteiger partial charge in [0, 0.05) is 6.54 Å². The van der Waals surface area contributed by atoms with Crippen LogP contribution in [0.5, 0.6) is 0 Å². The highest BCUT2D eigenvalue weighted by Gasteiger charge is 2.25. The van der Waals surface area contributed by atoms with Crippen LogP contribution < -0.4 is 10.6 Å². The van der Waals surface area contributed by atoms with Gasteiger partial charge in [0.1, 0.15) is 11.6 Å². The Labute approximate surface area is 124 Å². The Bertz CT molecular complexity index is 496. The molecule has 1 aliphatic rings. The second-order valence-corrected chi connectivity index (χ2v) is 5.37. The lowest BCUT2D eigenvalue weighted by Gasteiger charge is -2.22. The minimum Gasteiger partial charge on any atom is -0.391 e. The Morgan fingerprint density at radius 1 is 1.43 bits per heavy atom. The van der Waals surface area contributed by atoms with Gasteiger partial charge in [-0.3, -0.25) is 4.79 Å². The Kier molecular flexibility index (Phi) is 5.50. The van der Waals surface area contributed by atoms with Gasteiger partial charge in [-0.1, -0.05) is 19.3 Å². The van der Waals surface area contributed by atoms with Crippen molar-refractivity contribution in [2.24, 2.45) is 0 Å². The van der Waals surface area contributed by atoms with Crippen LogP contribution in [0.1, 0.15) is 49.4 Å². The number of aliphatic hydroxyl groups excluding tert-OH is 1. The largest absolute Gasteiger partial charge is 0.391 e. The first kappa shape index (κ1) is 15.7. The molecule has 0 aromatic carbocycles. The summed E-state index contributed by atoms with van der Waals surface area (Å²) in [6, 6.07) is 0.890. The molecule has 0 bridgehead atoms. The topological polar surface area (TPSA) is 74.2 Å². The van der Waals surface area contributed by atoms with Gasteiger partial charge < -0.3 is 15.7 Å². The van der Waals surface area contributed by atoms with Crippen LogP contribution in [0, 0.1) is 5.82 Å². The minimum absolute atomic E-state index is 0.174. The third-order valence-corrected chi connectivity index (χ3v) is 3.74. The van der Waals surface area contributed by atoms with E-state index in [1.165, 1.54) is 6.07 Å². The SMILES string of the molecule is CCNc1ncc(F)cc1C(=O)NC1CCCCCC1O. The molecule has 5 nitrogen and oxygen atoms in total. The fraction of sp³-hybridized carbons (Fsp3) is 0.600. The number of hydrogen-bond acceptors (Lipinski definition) is 4. The highest BCUT2D eigenvalue weighted by atomic mass is 19.1. The van der Waals surface area contributed by atoms with E-state index in [1.807, 2.05) is 6.92 Å². The predicted octanol–water partition coefficient (Wildman–Crippen LogP) is 2.08. The Balaban J connectivity index is 2.13. The van der Waals surface area contributed by atoms with Gasteiger partial charge in [-0.2, -0.15) is 0 Å². The number of nitrogens with one attached hydrogen (secondary N) is 2. The van der Waals surface area contributed by atoms with Crippen LogP contribution in [0.3, 0.4) is 0 Å². The standard InChI is InChI=1S/C15H22FN3O2/c1-2-17-14-11(8-10(16)9-18-14)15(21)19-12-6-4-3-5-7-13(12)20/h8-9,12-13,20H,2-7H2,1H3,(H,17,18)(H,19,21). The van der Waals surface area contributed by atoms with Crippen molar-refractivity contribution in [3.63, 3.8) is 0 Å². The molecule has 0 saturated heterocycles. The van der Waals surface area contributed by atoms with Crippen molar-refractivity contribution in [2.45, 2.75) is 51.2 Å². The molecular weight excluding hydrogens is 273 g/mol. The molecular formula is C15H22FN3O2. The van der Waals surface area contributed by atoms with Crippen molar-refractivity contribution < 1.29 is 14.3 Å². The lowest BCUT2D eigenvalue weighted by molar-refractivity contribution is 0.0819. The van der Waals surface area contributed by atoms with Gasteiger partial charge in [0.05, 0.1) is 23.9 Å². The molecule has 2 rings (SSSR count). The molecule has 0 radical (unpaired) electrons. The maximum atomic E-state index is 13.3. The fourth-order valence-corrected chi connectivity index (χ4v) is 2.62. The first-order valence-corrected chi connectivity index (χ1v) is 7.50. The number of rotatable bonds is 4. The predicted molar refractivity (Wildman–Crippen MR) is 78.7 cm³/mol. The number of aliphatic hydroxyl groups is 1. The smallest absolute Gasteiger partial charge is 0.255 e. The van der Waals surface area contributed by atoms with Gasteiger partial charge in [0.2, 0.25) is 0 Å². The van der Waals surface area contributed by atoms with Crippen LogP contribution in [0.4, 0.5) is 10.2 Å². The molecule has 1 aliphatic carbocycles. The van der Waals surface area contributed by atoms with Crippen molar-refractivity contribution in [1.82, 2.24) is 10.3 Å². The number of hydrogen-bond donors (Lipinski definition) is 3. The van der Waals surface area contributed by atoms with Gasteiger partial charge in [-0.15, -0.1) is 0 Å². The molecule has 1 aromatic rings. The zero-order valence-electron chi connectivity index (χ0n) is 12.2. The van der Waals surface area contributed by atoms with Crippen molar-refractivity contribution >= 4 is 11.7 Å². The number of anilines is 1. The van der Waals surface area contributed by atoms with Crippen LogP contribution >= 0.6 is 0 Å². The molecule has 1 saturated carbocycles. The number of carbonyl (C=O) groups excluding carboxylic acids is 1. The maximum absolute atomic E-state index is 13.3.